The van der Waals surface area contributed by atoms with Gasteiger partial charge in [0.25, 0.3) is 0 Å². The summed E-state index contributed by atoms with van der Waals surface area (Å²) in [6, 6.07) is 65.4. The maximum atomic E-state index is 5.07. The van der Waals surface area contributed by atoms with Gasteiger partial charge in [0.05, 0.1) is 16.8 Å². The molecule has 0 unspecified atom stereocenters. The van der Waals surface area contributed by atoms with Gasteiger partial charge in [0.1, 0.15) is 0 Å². The highest BCUT2D eigenvalue weighted by Gasteiger charge is 2.50. The van der Waals surface area contributed by atoms with Crippen LogP contribution in [0.5, 0.6) is 0 Å². The predicted octanol–water partition coefficient (Wildman–Crippen LogP) is 12.0. The maximum Gasteiger partial charge on any atom is 0.160 e. The van der Waals surface area contributed by atoms with E-state index in [0.29, 0.717) is 0 Å². The van der Waals surface area contributed by atoms with Crippen LogP contribution in [0.2, 0.25) is 0 Å². The number of hydrogen-bond acceptors (Lipinski definition) is 3. The van der Waals surface area contributed by atoms with Gasteiger partial charge >= 0.3 is 0 Å². The van der Waals surface area contributed by atoms with Crippen molar-refractivity contribution < 1.29 is 0 Å². The molecule has 2 heterocycles. The Morgan fingerprint density at radius 1 is 0.360 bits per heavy atom. The van der Waals surface area contributed by atoms with Gasteiger partial charge in [-0.2, -0.15) is 0 Å². The van der Waals surface area contributed by atoms with Crippen molar-refractivity contribution in [2.45, 2.75) is 15.2 Å². The molecule has 0 saturated heterocycles. The van der Waals surface area contributed by atoms with Crippen LogP contribution in [0.4, 0.5) is 0 Å². The van der Waals surface area contributed by atoms with Gasteiger partial charge in [0.2, 0.25) is 0 Å². The molecule has 2 nitrogen and oxygen atoms in total. The lowest BCUT2D eigenvalue weighted by atomic mass is 9.67. The Morgan fingerprint density at radius 2 is 0.840 bits per heavy atom. The van der Waals surface area contributed by atoms with E-state index in [2.05, 4.69) is 158 Å². The van der Waals surface area contributed by atoms with Gasteiger partial charge in [-0.1, -0.05) is 182 Å². The van der Waals surface area contributed by atoms with Crippen LogP contribution in [0.3, 0.4) is 0 Å². The molecule has 0 amide bonds. The number of aromatic nitrogens is 2. The molecule has 1 spiro atoms. The van der Waals surface area contributed by atoms with Gasteiger partial charge in [-0.3, -0.25) is 0 Å². The summed E-state index contributed by atoms with van der Waals surface area (Å²) in [5.41, 5.74) is 15.0. The second kappa shape index (κ2) is 11.5. The molecule has 1 aliphatic carbocycles. The third-order valence-electron chi connectivity index (χ3n) is 10.2. The van der Waals surface area contributed by atoms with E-state index in [9.17, 15) is 0 Å². The Labute approximate surface area is 296 Å². The summed E-state index contributed by atoms with van der Waals surface area (Å²) in [4.78, 5) is 12.7. The first-order valence-electron chi connectivity index (χ1n) is 17.0. The molecule has 3 heteroatoms. The molecule has 50 heavy (non-hydrogen) atoms. The van der Waals surface area contributed by atoms with Crippen molar-refractivity contribution in [1.82, 2.24) is 9.97 Å². The summed E-state index contributed by atoms with van der Waals surface area (Å²) in [5.74, 6) is 0.723. The minimum absolute atomic E-state index is 0.386. The highest BCUT2D eigenvalue weighted by Crippen LogP contribution is 2.63. The van der Waals surface area contributed by atoms with E-state index in [-0.39, 0.29) is 5.41 Å². The minimum Gasteiger partial charge on any atom is -0.228 e. The first kappa shape index (κ1) is 28.9. The van der Waals surface area contributed by atoms with Crippen LogP contribution < -0.4 is 0 Å². The Kier molecular flexibility index (Phi) is 6.68. The first-order valence-corrected chi connectivity index (χ1v) is 17.8. The fourth-order valence-corrected chi connectivity index (χ4v) is 9.32. The SMILES string of the molecule is c1ccc(-c2cc(-c3ccc(-c4cccc5c4Sc4ccccc4C54c5ccccc5-c5ccccc54)cc3)nc(-c3ccccc3)n2)cc1. The fraction of sp³-hybridized carbons (Fsp3) is 0.0213. The van der Waals surface area contributed by atoms with Gasteiger partial charge in [0, 0.05) is 26.5 Å². The third kappa shape index (κ3) is 4.37. The van der Waals surface area contributed by atoms with Crippen molar-refractivity contribution in [2.24, 2.45) is 0 Å². The molecule has 10 rings (SSSR count). The molecule has 8 aromatic rings. The summed E-state index contributed by atoms with van der Waals surface area (Å²) in [6.45, 7) is 0. The van der Waals surface area contributed by atoms with Crippen LogP contribution in [0.25, 0.3) is 56.2 Å². The molecular formula is C47H30N2S. The van der Waals surface area contributed by atoms with Crippen LogP contribution in [-0.2, 0) is 5.41 Å². The highest BCUT2D eigenvalue weighted by atomic mass is 32.2. The summed E-state index contributed by atoms with van der Waals surface area (Å²) in [7, 11) is 0. The molecule has 0 atom stereocenters. The highest BCUT2D eigenvalue weighted by molar-refractivity contribution is 7.99. The monoisotopic (exact) mass is 654 g/mol. The number of rotatable bonds is 4. The molecule has 234 valence electrons. The molecule has 0 N–H and O–H groups in total. The lowest BCUT2D eigenvalue weighted by Gasteiger charge is -2.40. The number of fused-ring (bicyclic) bond motifs is 9. The van der Waals surface area contributed by atoms with Gasteiger partial charge in [-0.25, -0.2) is 9.97 Å². The number of nitrogens with zero attached hydrogens (tertiary/aromatic N) is 2. The minimum atomic E-state index is -0.386. The van der Waals surface area contributed by atoms with Crippen molar-refractivity contribution >= 4 is 11.8 Å². The van der Waals surface area contributed by atoms with E-state index >= 15 is 0 Å². The maximum absolute atomic E-state index is 5.07. The van der Waals surface area contributed by atoms with E-state index in [1.807, 2.05) is 36.0 Å². The Morgan fingerprint density at radius 3 is 1.50 bits per heavy atom. The van der Waals surface area contributed by atoms with Crippen molar-refractivity contribution in [1.29, 1.82) is 0 Å². The summed E-state index contributed by atoms with van der Waals surface area (Å²) < 4.78 is 0. The fourth-order valence-electron chi connectivity index (χ4n) is 7.99. The zero-order valence-electron chi connectivity index (χ0n) is 27.1. The molecule has 0 fully saturated rings. The largest absolute Gasteiger partial charge is 0.228 e. The topological polar surface area (TPSA) is 25.8 Å². The van der Waals surface area contributed by atoms with Gasteiger partial charge in [-0.15, -0.1) is 0 Å². The van der Waals surface area contributed by atoms with Gasteiger partial charge in [-0.05, 0) is 56.6 Å². The van der Waals surface area contributed by atoms with E-state index in [0.717, 1.165) is 33.9 Å². The standard InChI is InChI=1S/C47H30N2S/c1-3-14-32(15-4-1)42-30-43(49-46(48-42)34-16-5-2-6-17-34)33-28-26-31(27-29-33)35-20-13-24-41-45(35)50-44-25-12-11-23-40(44)47(41)38-21-9-7-18-36(38)37-19-8-10-22-39(37)47/h1-30H. The zero-order chi connectivity index (χ0) is 33.1. The lowest BCUT2D eigenvalue weighted by molar-refractivity contribution is 0.723. The summed E-state index contributed by atoms with van der Waals surface area (Å²) in [5, 5.41) is 0. The van der Waals surface area contributed by atoms with Crippen LogP contribution in [-0.4, -0.2) is 9.97 Å². The van der Waals surface area contributed by atoms with E-state index in [1.165, 1.54) is 54.3 Å². The molecule has 1 aliphatic heterocycles. The average Bonchev–Trinajstić information content (AvgIpc) is 3.49. The second-order valence-corrected chi connectivity index (χ2v) is 13.9. The van der Waals surface area contributed by atoms with E-state index in [1.54, 1.807) is 0 Å². The first-order chi connectivity index (χ1) is 24.8. The van der Waals surface area contributed by atoms with Crippen LogP contribution >= 0.6 is 11.8 Å². The molecule has 2 aliphatic rings. The van der Waals surface area contributed by atoms with Crippen LogP contribution in [0, 0.1) is 0 Å². The van der Waals surface area contributed by atoms with E-state index < -0.39 is 0 Å². The average molecular weight is 655 g/mol. The molecule has 7 aromatic carbocycles. The van der Waals surface area contributed by atoms with Gasteiger partial charge in [0.15, 0.2) is 5.82 Å². The normalized spacial score (nSPS) is 13.3. The van der Waals surface area contributed by atoms with E-state index in [4.69, 9.17) is 9.97 Å². The van der Waals surface area contributed by atoms with Crippen molar-refractivity contribution in [3.8, 4) is 56.2 Å². The third-order valence-corrected chi connectivity index (χ3v) is 11.4. The van der Waals surface area contributed by atoms with Gasteiger partial charge < -0.3 is 0 Å². The smallest absolute Gasteiger partial charge is 0.160 e. The molecule has 0 radical (unpaired) electrons. The van der Waals surface area contributed by atoms with Crippen molar-refractivity contribution in [3.05, 3.63) is 204 Å². The number of hydrogen-bond donors (Lipinski definition) is 0. The summed E-state index contributed by atoms with van der Waals surface area (Å²) >= 11 is 1.89. The molecule has 0 saturated carbocycles. The quantitative estimate of drug-likeness (QED) is 0.189. The van der Waals surface area contributed by atoms with Crippen molar-refractivity contribution in [3.63, 3.8) is 0 Å². The zero-order valence-corrected chi connectivity index (χ0v) is 27.9. The predicted molar refractivity (Wildman–Crippen MR) is 205 cm³/mol. The Balaban J connectivity index is 1.13. The van der Waals surface area contributed by atoms with Crippen molar-refractivity contribution in [2.75, 3.05) is 0 Å². The summed E-state index contributed by atoms with van der Waals surface area (Å²) in [6.07, 6.45) is 0. The Hall–Kier alpha value is -6.03. The number of benzene rings is 7. The van der Waals surface area contributed by atoms with Crippen LogP contribution in [0.15, 0.2) is 192 Å². The molecular weight excluding hydrogens is 625 g/mol. The van der Waals surface area contributed by atoms with Crippen LogP contribution in [0.1, 0.15) is 22.3 Å². The molecule has 1 aromatic heterocycles. The lowest BCUT2D eigenvalue weighted by Crippen LogP contribution is -2.32. The second-order valence-electron chi connectivity index (χ2n) is 12.9. The molecule has 0 bridgehead atoms. The Bertz CT molecular complexity index is 2450.